The summed E-state index contributed by atoms with van der Waals surface area (Å²) >= 11 is 3.24. The Labute approximate surface area is 101 Å². The largest absolute Gasteiger partial charge is 0.488 e. The highest BCUT2D eigenvalue weighted by atomic mass is 79.9. The number of nitrogens with zero attached hydrogens (tertiary/aromatic N) is 1. The lowest BCUT2D eigenvalue weighted by Gasteiger charge is -2.04. The van der Waals surface area contributed by atoms with Gasteiger partial charge in [-0.2, -0.15) is 5.26 Å². The second-order valence-electron chi connectivity index (χ2n) is 2.80. The third-order valence-corrected chi connectivity index (χ3v) is 2.15. The van der Waals surface area contributed by atoms with E-state index in [1.165, 1.54) is 6.08 Å². The second-order valence-corrected chi connectivity index (χ2v) is 3.72. The van der Waals surface area contributed by atoms with Crippen molar-refractivity contribution in [1.82, 2.24) is 0 Å². The smallest absolute Gasteiger partial charge is 0.328 e. The SMILES string of the molecule is N#Cc1cc(Br)ccc1OC/C=C/C(=O)O. The molecule has 5 heteroatoms. The standard InChI is InChI=1S/C11H8BrNO3/c12-9-3-4-10(8(6-9)7-13)16-5-1-2-11(14)15/h1-4,6H,5H2,(H,14,15)/b2-1+. The average Bonchev–Trinajstić information content (AvgIpc) is 2.25. The first-order valence-corrected chi connectivity index (χ1v) is 5.14. The summed E-state index contributed by atoms with van der Waals surface area (Å²) in [6.07, 6.45) is 2.36. The Morgan fingerprint density at radius 2 is 2.38 bits per heavy atom. The number of nitriles is 1. The molecule has 0 bridgehead atoms. The minimum atomic E-state index is -1.03. The molecule has 16 heavy (non-hydrogen) atoms. The molecule has 0 radical (unpaired) electrons. The van der Waals surface area contributed by atoms with Gasteiger partial charge in [-0.25, -0.2) is 4.79 Å². The van der Waals surface area contributed by atoms with Gasteiger partial charge in [-0.05, 0) is 24.3 Å². The van der Waals surface area contributed by atoms with Gasteiger partial charge in [0.05, 0.1) is 5.56 Å². The van der Waals surface area contributed by atoms with Crippen LogP contribution >= 0.6 is 15.9 Å². The second kappa shape index (κ2) is 5.93. The van der Waals surface area contributed by atoms with Crippen LogP contribution in [0.3, 0.4) is 0 Å². The molecule has 0 aliphatic heterocycles. The number of rotatable bonds is 4. The molecule has 1 aromatic rings. The van der Waals surface area contributed by atoms with E-state index in [0.717, 1.165) is 10.5 Å². The molecule has 4 nitrogen and oxygen atoms in total. The molecular weight excluding hydrogens is 274 g/mol. The van der Waals surface area contributed by atoms with Gasteiger partial charge >= 0.3 is 5.97 Å². The van der Waals surface area contributed by atoms with Crippen LogP contribution in [0.2, 0.25) is 0 Å². The van der Waals surface area contributed by atoms with Crippen LogP contribution in [-0.2, 0) is 4.79 Å². The number of carbonyl (C=O) groups is 1. The molecule has 0 aromatic heterocycles. The maximum Gasteiger partial charge on any atom is 0.328 e. The third kappa shape index (κ3) is 3.75. The van der Waals surface area contributed by atoms with Gasteiger partial charge < -0.3 is 9.84 Å². The molecule has 0 spiro atoms. The first-order valence-electron chi connectivity index (χ1n) is 4.35. The Hall–Kier alpha value is -1.80. The van der Waals surface area contributed by atoms with Crippen LogP contribution in [0, 0.1) is 11.3 Å². The van der Waals surface area contributed by atoms with Crippen molar-refractivity contribution >= 4 is 21.9 Å². The van der Waals surface area contributed by atoms with Crippen LogP contribution in [0.15, 0.2) is 34.8 Å². The van der Waals surface area contributed by atoms with Crippen LogP contribution in [0.5, 0.6) is 5.75 Å². The Balaban J connectivity index is 2.68. The third-order valence-electron chi connectivity index (χ3n) is 1.66. The lowest BCUT2D eigenvalue weighted by Crippen LogP contribution is -1.97. The molecule has 0 atom stereocenters. The van der Waals surface area contributed by atoms with E-state index in [9.17, 15) is 4.79 Å². The van der Waals surface area contributed by atoms with E-state index in [0.29, 0.717) is 11.3 Å². The zero-order chi connectivity index (χ0) is 12.0. The maximum atomic E-state index is 10.2. The molecule has 1 aromatic carbocycles. The summed E-state index contributed by atoms with van der Waals surface area (Å²) in [6, 6.07) is 7.02. The molecule has 0 heterocycles. The highest BCUT2D eigenvalue weighted by Gasteiger charge is 2.02. The van der Waals surface area contributed by atoms with Gasteiger partial charge in [0.1, 0.15) is 18.4 Å². The zero-order valence-electron chi connectivity index (χ0n) is 8.18. The van der Waals surface area contributed by atoms with Gasteiger partial charge in [0.15, 0.2) is 0 Å². The number of carboxylic acid groups (broad SMARTS) is 1. The summed E-state index contributed by atoms with van der Waals surface area (Å²) in [5.74, 6) is -0.597. The molecule has 0 saturated carbocycles. The summed E-state index contributed by atoms with van der Waals surface area (Å²) < 4.78 is 6.03. The number of hydrogen-bond donors (Lipinski definition) is 1. The Kier molecular flexibility index (Phi) is 4.55. The molecular formula is C11H8BrNO3. The molecule has 1 rings (SSSR count). The molecule has 0 saturated heterocycles. The van der Waals surface area contributed by atoms with Gasteiger partial charge in [-0.15, -0.1) is 0 Å². The molecule has 82 valence electrons. The van der Waals surface area contributed by atoms with Crippen molar-refractivity contribution in [1.29, 1.82) is 5.26 Å². The predicted molar refractivity (Wildman–Crippen MR) is 61.1 cm³/mol. The van der Waals surface area contributed by atoms with Crippen molar-refractivity contribution < 1.29 is 14.6 Å². The minimum absolute atomic E-state index is 0.114. The zero-order valence-corrected chi connectivity index (χ0v) is 9.77. The van der Waals surface area contributed by atoms with Crippen molar-refractivity contribution in [2.24, 2.45) is 0 Å². The fourth-order valence-corrected chi connectivity index (χ4v) is 1.36. The van der Waals surface area contributed by atoms with Gasteiger partial charge in [0.25, 0.3) is 0 Å². The quantitative estimate of drug-likeness (QED) is 0.860. The number of ether oxygens (including phenoxy) is 1. The summed E-state index contributed by atoms with van der Waals surface area (Å²) in [7, 11) is 0. The number of carboxylic acids is 1. The van der Waals surface area contributed by atoms with Crippen LogP contribution in [0.1, 0.15) is 5.56 Å². The topological polar surface area (TPSA) is 70.3 Å². The number of halogens is 1. The van der Waals surface area contributed by atoms with Gasteiger partial charge in [0, 0.05) is 10.5 Å². The van der Waals surface area contributed by atoms with Crippen molar-refractivity contribution in [3.63, 3.8) is 0 Å². The summed E-state index contributed by atoms with van der Waals surface area (Å²) in [4.78, 5) is 10.2. The van der Waals surface area contributed by atoms with E-state index in [1.54, 1.807) is 18.2 Å². The molecule has 0 fully saturated rings. The Bertz CT molecular complexity index is 463. The highest BCUT2D eigenvalue weighted by molar-refractivity contribution is 9.10. The van der Waals surface area contributed by atoms with Crippen LogP contribution in [0.25, 0.3) is 0 Å². The predicted octanol–water partition coefficient (Wildman–Crippen LogP) is 2.34. The monoisotopic (exact) mass is 281 g/mol. The van der Waals surface area contributed by atoms with Crippen LogP contribution in [0.4, 0.5) is 0 Å². The van der Waals surface area contributed by atoms with Crippen molar-refractivity contribution in [2.45, 2.75) is 0 Å². The molecule has 1 N–H and O–H groups in total. The van der Waals surface area contributed by atoms with E-state index in [1.807, 2.05) is 6.07 Å². The maximum absolute atomic E-state index is 10.2. The fraction of sp³-hybridized carbons (Fsp3) is 0.0909. The van der Waals surface area contributed by atoms with Gasteiger partial charge in [0.2, 0.25) is 0 Å². The first kappa shape index (κ1) is 12.3. The van der Waals surface area contributed by atoms with Crippen molar-refractivity contribution in [3.8, 4) is 11.8 Å². The normalized spacial score (nSPS) is 10.0. The highest BCUT2D eigenvalue weighted by Crippen LogP contribution is 2.22. The summed E-state index contributed by atoms with van der Waals surface area (Å²) in [5.41, 5.74) is 0.401. The number of benzene rings is 1. The number of hydrogen-bond acceptors (Lipinski definition) is 3. The van der Waals surface area contributed by atoms with Crippen molar-refractivity contribution in [3.05, 3.63) is 40.4 Å². The Morgan fingerprint density at radius 1 is 1.62 bits per heavy atom. The van der Waals surface area contributed by atoms with E-state index in [2.05, 4.69) is 15.9 Å². The van der Waals surface area contributed by atoms with Crippen molar-refractivity contribution in [2.75, 3.05) is 6.61 Å². The van der Waals surface area contributed by atoms with Gasteiger partial charge in [-0.1, -0.05) is 15.9 Å². The van der Waals surface area contributed by atoms with E-state index in [4.69, 9.17) is 15.1 Å². The Morgan fingerprint density at radius 3 is 3.00 bits per heavy atom. The van der Waals surface area contributed by atoms with Gasteiger partial charge in [-0.3, -0.25) is 0 Å². The van der Waals surface area contributed by atoms with Crippen LogP contribution in [-0.4, -0.2) is 17.7 Å². The minimum Gasteiger partial charge on any atom is -0.488 e. The van der Waals surface area contributed by atoms with E-state index < -0.39 is 5.97 Å². The molecule has 0 aliphatic carbocycles. The summed E-state index contributed by atoms with van der Waals surface area (Å²) in [5, 5.41) is 17.2. The lowest BCUT2D eigenvalue weighted by molar-refractivity contribution is -0.131. The molecule has 0 unspecified atom stereocenters. The molecule has 0 amide bonds. The first-order chi connectivity index (χ1) is 7.63. The number of aliphatic carboxylic acids is 1. The molecule has 0 aliphatic rings. The average molecular weight is 282 g/mol. The van der Waals surface area contributed by atoms with E-state index in [-0.39, 0.29) is 6.61 Å². The van der Waals surface area contributed by atoms with Crippen LogP contribution < -0.4 is 4.74 Å². The van der Waals surface area contributed by atoms with E-state index >= 15 is 0 Å². The fourth-order valence-electron chi connectivity index (χ4n) is 1.00. The lowest BCUT2D eigenvalue weighted by atomic mass is 10.2. The summed E-state index contributed by atoms with van der Waals surface area (Å²) in [6.45, 7) is 0.114.